The number of amides is 2. The van der Waals surface area contributed by atoms with E-state index in [0.29, 0.717) is 17.4 Å². The molecule has 4 nitrogen and oxygen atoms in total. The molecule has 1 fully saturated rings. The van der Waals surface area contributed by atoms with Gasteiger partial charge in [-0.05, 0) is 36.5 Å². The number of nitrogens with one attached hydrogen (secondary N) is 1. The third-order valence-electron chi connectivity index (χ3n) is 3.71. The monoisotopic (exact) mass is 352 g/mol. The quantitative estimate of drug-likeness (QED) is 0.908. The molecule has 2 atom stereocenters. The number of benzene rings is 1. The number of nitrogens with zero attached hydrogens (tertiary/aromatic N) is 1. The fourth-order valence-electron chi connectivity index (χ4n) is 2.87. The lowest BCUT2D eigenvalue weighted by Crippen LogP contribution is -2.46. The van der Waals surface area contributed by atoms with Gasteiger partial charge in [0.1, 0.15) is 0 Å². The number of halogens is 1. The molecule has 1 N–H and O–H groups in total. The highest BCUT2D eigenvalue weighted by Crippen LogP contribution is 2.20. The van der Waals surface area contributed by atoms with Crippen LogP contribution in [0.5, 0.6) is 0 Å². The van der Waals surface area contributed by atoms with Gasteiger partial charge in [-0.25, -0.2) is 0 Å². The second-order valence-corrected chi connectivity index (χ2v) is 6.85. The summed E-state index contributed by atoms with van der Waals surface area (Å²) in [5.74, 6) is 0.830. The Morgan fingerprint density at radius 2 is 1.95 bits per heavy atom. The second kappa shape index (κ2) is 7.07. The van der Waals surface area contributed by atoms with Gasteiger partial charge in [0.2, 0.25) is 5.91 Å². The highest BCUT2D eigenvalue weighted by Gasteiger charge is 2.25. The Labute approximate surface area is 134 Å². The Hall–Kier alpha value is -1.36. The zero-order chi connectivity index (χ0) is 15.4. The Balaban J connectivity index is 1.87. The van der Waals surface area contributed by atoms with E-state index in [9.17, 15) is 9.59 Å². The third kappa shape index (κ3) is 4.56. The number of hydrogen-bond donors (Lipinski definition) is 1. The molecule has 0 aromatic heterocycles. The van der Waals surface area contributed by atoms with Gasteiger partial charge in [-0.3, -0.25) is 9.59 Å². The summed E-state index contributed by atoms with van der Waals surface area (Å²) in [5, 5.41) is 2.70. The van der Waals surface area contributed by atoms with E-state index < -0.39 is 0 Å². The van der Waals surface area contributed by atoms with Crippen molar-refractivity contribution in [2.24, 2.45) is 11.8 Å². The van der Waals surface area contributed by atoms with Crippen molar-refractivity contribution in [3.63, 3.8) is 0 Å². The molecule has 1 aliphatic rings. The summed E-state index contributed by atoms with van der Waals surface area (Å²) in [7, 11) is 0. The van der Waals surface area contributed by atoms with Crippen molar-refractivity contribution < 1.29 is 9.59 Å². The maximum absolute atomic E-state index is 12.2. The van der Waals surface area contributed by atoms with Crippen molar-refractivity contribution in [1.29, 1.82) is 0 Å². The number of hydrogen-bond acceptors (Lipinski definition) is 2. The third-order valence-corrected chi connectivity index (χ3v) is 4.20. The van der Waals surface area contributed by atoms with Crippen LogP contribution in [0.4, 0.5) is 0 Å². The summed E-state index contributed by atoms with van der Waals surface area (Å²) in [5.41, 5.74) is 0.553. The first-order valence-electron chi connectivity index (χ1n) is 7.27. The van der Waals surface area contributed by atoms with Crippen molar-refractivity contribution in [3.8, 4) is 0 Å². The maximum atomic E-state index is 12.2. The van der Waals surface area contributed by atoms with Crippen LogP contribution in [0.1, 0.15) is 30.6 Å². The van der Waals surface area contributed by atoms with Gasteiger partial charge in [0.15, 0.2) is 0 Å². The van der Waals surface area contributed by atoms with Crippen molar-refractivity contribution in [2.75, 3.05) is 19.6 Å². The summed E-state index contributed by atoms with van der Waals surface area (Å²) in [6.45, 7) is 5.96. The lowest BCUT2D eigenvalue weighted by atomic mass is 9.92. The van der Waals surface area contributed by atoms with Gasteiger partial charge in [0, 0.05) is 23.1 Å². The van der Waals surface area contributed by atoms with Gasteiger partial charge >= 0.3 is 0 Å². The van der Waals surface area contributed by atoms with E-state index in [-0.39, 0.29) is 18.4 Å². The number of carbonyl (C=O) groups is 2. The highest BCUT2D eigenvalue weighted by atomic mass is 79.9. The van der Waals surface area contributed by atoms with E-state index in [0.717, 1.165) is 24.0 Å². The summed E-state index contributed by atoms with van der Waals surface area (Å²) >= 11 is 3.33. The largest absolute Gasteiger partial charge is 0.343 e. The van der Waals surface area contributed by atoms with Gasteiger partial charge in [-0.15, -0.1) is 0 Å². The summed E-state index contributed by atoms with van der Waals surface area (Å²) < 4.78 is 0.847. The Bertz CT molecular complexity index is 523. The lowest BCUT2D eigenvalue weighted by molar-refractivity contribution is -0.132. The molecule has 0 radical (unpaired) electrons. The SMILES string of the molecule is CC1CC(C)CN(C(=O)CNC(=O)c2cccc(Br)c2)C1. The molecule has 0 bridgehead atoms. The van der Waals surface area contributed by atoms with E-state index >= 15 is 0 Å². The van der Waals surface area contributed by atoms with Crippen LogP contribution >= 0.6 is 15.9 Å². The predicted molar refractivity (Wildman–Crippen MR) is 86.0 cm³/mol. The Morgan fingerprint density at radius 3 is 2.57 bits per heavy atom. The second-order valence-electron chi connectivity index (χ2n) is 5.94. The van der Waals surface area contributed by atoms with Crippen LogP contribution in [0.3, 0.4) is 0 Å². The minimum absolute atomic E-state index is 0.00301. The summed E-state index contributed by atoms with van der Waals surface area (Å²) in [4.78, 5) is 26.1. The van der Waals surface area contributed by atoms with Crippen LogP contribution in [-0.4, -0.2) is 36.3 Å². The van der Waals surface area contributed by atoms with Crippen LogP contribution in [0.2, 0.25) is 0 Å². The van der Waals surface area contributed by atoms with Crippen LogP contribution in [0.15, 0.2) is 28.7 Å². The number of rotatable bonds is 3. The molecular weight excluding hydrogens is 332 g/mol. The lowest BCUT2D eigenvalue weighted by Gasteiger charge is -2.35. The molecule has 1 aromatic rings. The van der Waals surface area contributed by atoms with Gasteiger partial charge in [-0.2, -0.15) is 0 Å². The van der Waals surface area contributed by atoms with Crippen LogP contribution in [0, 0.1) is 11.8 Å². The smallest absolute Gasteiger partial charge is 0.251 e. The van der Waals surface area contributed by atoms with Gasteiger partial charge in [0.25, 0.3) is 5.91 Å². The van der Waals surface area contributed by atoms with Gasteiger partial charge in [-0.1, -0.05) is 35.8 Å². The molecule has 0 saturated carbocycles. The average molecular weight is 353 g/mol. The molecule has 2 unspecified atom stereocenters. The van der Waals surface area contributed by atoms with Gasteiger partial charge in [0.05, 0.1) is 6.54 Å². The molecule has 0 spiro atoms. The first kappa shape index (κ1) is 16.0. The van der Waals surface area contributed by atoms with E-state index in [1.807, 2.05) is 11.0 Å². The molecule has 1 saturated heterocycles. The number of likely N-dealkylation sites (tertiary alicyclic amines) is 1. The zero-order valence-corrected chi connectivity index (χ0v) is 14.0. The molecule has 114 valence electrons. The first-order chi connectivity index (χ1) is 9.95. The Morgan fingerprint density at radius 1 is 1.29 bits per heavy atom. The van der Waals surface area contributed by atoms with Crippen molar-refractivity contribution in [1.82, 2.24) is 10.2 Å². The molecule has 5 heteroatoms. The topological polar surface area (TPSA) is 49.4 Å². The fraction of sp³-hybridized carbons (Fsp3) is 0.500. The van der Waals surface area contributed by atoms with Crippen LogP contribution in [0.25, 0.3) is 0 Å². The molecule has 2 amide bonds. The summed E-state index contributed by atoms with van der Waals surface area (Å²) in [6, 6.07) is 7.13. The predicted octanol–water partition coefficient (Wildman–Crippen LogP) is 2.68. The molecule has 21 heavy (non-hydrogen) atoms. The standard InChI is InChI=1S/C16H21BrN2O2/c1-11-6-12(2)10-19(9-11)15(20)8-18-16(21)13-4-3-5-14(17)7-13/h3-5,7,11-12H,6,8-10H2,1-2H3,(H,18,21). The highest BCUT2D eigenvalue weighted by molar-refractivity contribution is 9.10. The minimum Gasteiger partial charge on any atom is -0.343 e. The fourth-order valence-corrected chi connectivity index (χ4v) is 3.27. The van der Waals surface area contributed by atoms with Crippen molar-refractivity contribution in [3.05, 3.63) is 34.3 Å². The van der Waals surface area contributed by atoms with E-state index in [1.165, 1.54) is 0 Å². The molecule has 1 aliphatic heterocycles. The van der Waals surface area contributed by atoms with E-state index in [4.69, 9.17) is 0 Å². The zero-order valence-electron chi connectivity index (χ0n) is 12.4. The molecule has 2 rings (SSSR count). The normalized spacial score (nSPS) is 22.0. The Kier molecular flexibility index (Phi) is 5.39. The molecular formula is C16H21BrN2O2. The van der Waals surface area contributed by atoms with Gasteiger partial charge < -0.3 is 10.2 Å². The number of piperidine rings is 1. The molecule has 1 aromatic carbocycles. The first-order valence-corrected chi connectivity index (χ1v) is 8.06. The minimum atomic E-state index is -0.220. The number of carbonyl (C=O) groups excluding carboxylic acids is 2. The average Bonchev–Trinajstić information content (AvgIpc) is 2.43. The van der Waals surface area contributed by atoms with Crippen LogP contribution < -0.4 is 5.32 Å². The maximum Gasteiger partial charge on any atom is 0.251 e. The van der Waals surface area contributed by atoms with Crippen molar-refractivity contribution >= 4 is 27.7 Å². The van der Waals surface area contributed by atoms with Crippen molar-refractivity contribution in [2.45, 2.75) is 20.3 Å². The molecule has 1 heterocycles. The van der Waals surface area contributed by atoms with E-state index in [2.05, 4.69) is 35.1 Å². The molecule has 0 aliphatic carbocycles. The van der Waals surface area contributed by atoms with E-state index in [1.54, 1.807) is 18.2 Å². The van der Waals surface area contributed by atoms with Crippen LogP contribution in [-0.2, 0) is 4.79 Å². The summed E-state index contributed by atoms with van der Waals surface area (Å²) in [6.07, 6.45) is 1.16.